The van der Waals surface area contributed by atoms with E-state index in [4.69, 9.17) is 4.74 Å². The fourth-order valence-corrected chi connectivity index (χ4v) is 4.02. The molecule has 2 heterocycles. The van der Waals surface area contributed by atoms with Gasteiger partial charge in [-0.15, -0.1) is 0 Å². The van der Waals surface area contributed by atoms with Gasteiger partial charge in [0.25, 0.3) is 0 Å². The fourth-order valence-electron chi connectivity index (χ4n) is 4.02. The molecule has 16 heavy (non-hydrogen) atoms. The number of hydrogen-bond donors (Lipinski definition) is 1. The molecule has 1 unspecified atom stereocenters. The summed E-state index contributed by atoms with van der Waals surface area (Å²) in [7, 11) is 4.35. The van der Waals surface area contributed by atoms with E-state index in [9.17, 15) is 0 Å². The first kappa shape index (κ1) is 11.0. The second-order valence-electron chi connectivity index (χ2n) is 6.21. The summed E-state index contributed by atoms with van der Waals surface area (Å²) >= 11 is 0. The Bertz CT molecular complexity index is 271. The Balaban J connectivity index is 1.78. The summed E-state index contributed by atoms with van der Waals surface area (Å²) in [5.41, 5.74) is 1.09. The van der Waals surface area contributed by atoms with E-state index in [-0.39, 0.29) is 0 Å². The molecular formula is C13H24N2O. The van der Waals surface area contributed by atoms with Crippen molar-refractivity contribution in [2.45, 2.75) is 19.3 Å². The molecular weight excluding hydrogens is 200 g/mol. The minimum atomic E-state index is 0.515. The topological polar surface area (TPSA) is 24.5 Å². The zero-order chi connectivity index (χ0) is 11.2. The highest BCUT2D eigenvalue weighted by Crippen LogP contribution is 2.65. The summed E-state index contributed by atoms with van der Waals surface area (Å²) in [5, 5.41) is 3.41. The molecule has 0 spiro atoms. The van der Waals surface area contributed by atoms with Gasteiger partial charge in [0.05, 0.1) is 13.2 Å². The van der Waals surface area contributed by atoms with Gasteiger partial charge in [0.1, 0.15) is 0 Å². The predicted octanol–water partition coefficient (Wildman–Crippen LogP) is 0.954. The van der Waals surface area contributed by atoms with Crippen molar-refractivity contribution in [3.05, 3.63) is 0 Å². The first-order chi connectivity index (χ1) is 7.72. The van der Waals surface area contributed by atoms with E-state index in [1.165, 1.54) is 38.9 Å². The highest BCUT2D eigenvalue weighted by Gasteiger charge is 2.65. The van der Waals surface area contributed by atoms with Crippen LogP contribution < -0.4 is 5.32 Å². The molecule has 92 valence electrons. The molecule has 0 radical (unpaired) electrons. The number of nitrogens with one attached hydrogen (secondary N) is 1. The van der Waals surface area contributed by atoms with E-state index >= 15 is 0 Å². The normalized spacial score (nSPS) is 36.0. The Morgan fingerprint density at radius 3 is 2.50 bits per heavy atom. The van der Waals surface area contributed by atoms with Gasteiger partial charge in [-0.3, -0.25) is 0 Å². The molecule has 0 aromatic heterocycles. The molecule has 1 N–H and O–H groups in total. The van der Waals surface area contributed by atoms with Gasteiger partial charge in [-0.25, -0.2) is 0 Å². The highest BCUT2D eigenvalue weighted by molar-refractivity contribution is 5.14. The summed E-state index contributed by atoms with van der Waals surface area (Å²) in [6.45, 7) is 5.80. The third kappa shape index (κ3) is 1.38. The first-order valence-corrected chi connectivity index (χ1v) is 6.63. The smallest absolute Gasteiger partial charge is 0.0553 e. The Morgan fingerprint density at radius 1 is 1.38 bits per heavy atom. The standard InChI is InChI=1S/C13H24N2O/c1-14-8-12(4-5-12)13(9-16-10-13)11-3-6-15(2)7-11/h11,14H,3-10H2,1-2H3. The lowest BCUT2D eigenvalue weighted by Gasteiger charge is -2.52. The number of ether oxygens (including phenoxy) is 1. The Hall–Kier alpha value is -0.120. The molecule has 0 amide bonds. The van der Waals surface area contributed by atoms with Crippen molar-refractivity contribution in [1.29, 1.82) is 0 Å². The van der Waals surface area contributed by atoms with Crippen molar-refractivity contribution in [3.63, 3.8) is 0 Å². The minimum Gasteiger partial charge on any atom is -0.380 e. The number of hydrogen-bond acceptors (Lipinski definition) is 3. The summed E-state index contributed by atoms with van der Waals surface area (Å²) in [6.07, 6.45) is 4.21. The molecule has 0 bridgehead atoms. The van der Waals surface area contributed by atoms with E-state index in [0.29, 0.717) is 10.8 Å². The molecule has 0 aromatic carbocycles. The van der Waals surface area contributed by atoms with Gasteiger partial charge in [-0.1, -0.05) is 0 Å². The fraction of sp³-hybridized carbons (Fsp3) is 1.00. The molecule has 3 fully saturated rings. The monoisotopic (exact) mass is 224 g/mol. The molecule has 2 saturated heterocycles. The van der Waals surface area contributed by atoms with Crippen LogP contribution in [0.25, 0.3) is 0 Å². The first-order valence-electron chi connectivity index (χ1n) is 6.63. The molecule has 3 nitrogen and oxygen atoms in total. The van der Waals surface area contributed by atoms with E-state index < -0.39 is 0 Å². The van der Waals surface area contributed by atoms with E-state index in [1.54, 1.807) is 0 Å². The van der Waals surface area contributed by atoms with Crippen LogP contribution in [0.1, 0.15) is 19.3 Å². The molecule has 1 saturated carbocycles. The summed E-state index contributed by atoms with van der Waals surface area (Å²) in [4.78, 5) is 2.49. The van der Waals surface area contributed by atoms with Gasteiger partial charge in [0.2, 0.25) is 0 Å². The quantitative estimate of drug-likeness (QED) is 0.769. The Labute approximate surface area is 98.5 Å². The van der Waals surface area contributed by atoms with Crippen LogP contribution in [0.4, 0.5) is 0 Å². The number of likely N-dealkylation sites (tertiary alicyclic amines) is 1. The van der Waals surface area contributed by atoms with Crippen LogP contribution in [0.5, 0.6) is 0 Å². The van der Waals surface area contributed by atoms with Crippen molar-refractivity contribution in [1.82, 2.24) is 10.2 Å². The Kier molecular flexibility index (Phi) is 2.54. The van der Waals surface area contributed by atoms with Crippen LogP contribution in [0.2, 0.25) is 0 Å². The second kappa shape index (κ2) is 3.69. The van der Waals surface area contributed by atoms with Gasteiger partial charge in [-0.05, 0) is 51.2 Å². The van der Waals surface area contributed by atoms with Crippen molar-refractivity contribution >= 4 is 0 Å². The maximum absolute atomic E-state index is 5.61. The molecule has 3 rings (SSSR count). The van der Waals surface area contributed by atoms with Gasteiger partial charge >= 0.3 is 0 Å². The van der Waals surface area contributed by atoms with Crippen molar-refractivity contribution < 1.29 is 4.74 Å². The Morgan fingerprint density at radius 2 is 2.12 bits per heavy atom. The summed E-state index contributed by atoms with van der Waals surface area (Å²) < 4.78 is 5.61. The van der Waals surface area contributed by atoms with Crippen LogP contribution >= 0.6 is 0 Å². The van der Waals surface area contributed by atoms with Crippen molar-refractivity contribution in [2.75, 3.05) is 46.9 Å². The lowest BCUT2D eigenvalue weighted by molar-refractivity contribution is -0.184. The largest absolute Gasteiger partial charge is 0.380 e. The highest BCUT2D eigenvalue weighted by atomic mass is 16.5. The van der Waals surface area contributed by atoms with Crippen LogP contribution in [0, 0.1) is 16.7 Å². The molecule has 1 aliphatic carbocycles. The molecule has 3 aliphatic rings. The number of nitrogens with zero attached hydrogens (tertiary/aromatic N) is 1. The number of rotatable bonds is 4. The molecule has 0 aromatic rings. The third-order valence-corrected chi connectivity index (χ3v) is 5.32. The van der Waals surface area contributed by atoms with Crippen LogP contribution in [0.15, 0.2) is 0 Å². The van der Waals surface area contributed by atoms with Gasteiger partial charge in [0.15, 0.2) is 0 Å². The average Bonchev–Trinajstić information content (AvgIpc) is 2.82. The van der Waals surface area contributed by atoms with Gasteiger partial charge in [-0.2, -0.15) is 0 Å². The lowest BCUT2D eigenvalue weighted by atomic mass is 9.62. The maximum Gasteiger partial charge on any atom is 0.0553 e. The predicted molar refractivity (Wildman–Crippen MR) is 64.4 cm³/mol. The van der Waals surface area contributed by atoms with Gasteiger partial charge < -0.3 is 15.0 Å². The van der Waals surface area contributed by atoms with E-state index in [0.717, 1.165) is 19.1 Å². The van der Waals surface area contributed by atoms with E-state index in [1.807, 2.05) is 0 Å². The summed E-state index contributed by atoms with van der Waals surface area (Å²) in [5.74, 6) is 0.877. The third-order valence-electron chi connectivity index (χ3n) is 5.32. The molecule has 3 heteroatoms. The summed E-state index contributed by atoms with van der Waals surface area (Å²) in [6, 6.07) is 0. The van der Waals surface area contributed by atoms with E-state index in [2.05, 4.69) is 24.3 Å². The van der Waals surface area contributed by atoms with Crippen molar-refractivity contribution in [3.8, 4) is 0 Å². The second-order valence-corrected chi connectivity index (χ2v) is 6.21. The average molecular weight is 224 g/mol. The lowest BCUT2D eigenvalue weighted by Crippen LogP contribution is -2.57. The SMILES string of the molecule is CNCC1(C2(C3CCN(C)C3)COC2)CC1. The van der Waals surface area contributed by atoms with Crippen LogP contribution in [0.3, 0.4) is 0 Å². The zero-order valence-electron chi connectivity index (χ0n) is 10.6. The van der Waals surface area contributed by atoms with Crippen LogP contribution in [-0.2, 0) is 4.74 Å². The van der Waals surface area contributed by atoms with Crippen molar-refractivity contribution in [2.24, 2.45) is 16.7 Å². The minimum absolute atomic E-state index is 0.515. The maximum atomic E-state index is 5.61. The molecule has 1 atom stereocenters. The van der Waals surface area contributed by atoms with Crippen LogP contribution in [-0.4, -0.2) is 51.8 Å². The zero-order valence-corrected chi connectivity index (χ0v) is 10.6. The van der Waals surface area contributed by atoms with Gasteiger partial charge in [0, 0.05) is 18.5 Å². The molecule has 2 aliphatic heterocycles.